The van der Waals surface area contributed by atoms with Crippen molar-refractivity contribution >= 4 is 33.2 Å². The summed E-state index contributed by atoms with van der Waals surface area (Å²) in [4.78, 5) is 35.3. The minimum absolute atomic E-state index is 0.0221. The highest BCUT2D eigenvalue weighted by atomic mass is 32.2. The van der Waals surface area contributed by atoms with Gasteiger partial charge in [-0.15, -0.1) is 0 Å². The van der Waals surface area contributed by atoms with Crippen LogP contribution in [-0.4, -0.2) is 31.9 Å². The molecule has 3 rings (SSSR count). The molecule has 0 bridgehead atoms. The summed E-state index contributed by atoms with van der Waals surface area (Å²) in [6.45, 7) is 0. The average molecular weight is 372 g/mol. The third-order valence-corrected chi connectivity index (χ3v) is 5.76. The van der Waals surface area contributed by atoms with Crippen LogP contribution in [0.4, 0.5) is 5.69 Å². The van der Waals surface area contributed by atoms with E-state index in [1.165, 1.54) is 30.3 Å². The average Bonchev–Trinajstić information content (AvgIpc) is 2.89. The van der Waals surface area contributed by atoms with Crippen molar-refractivity contribution in [1.82, 2.24) is 5.32 Å². The van der Waals surface area contributed by atoms with Crippen LogP contribution in [0.25, 0.3) is 0 Å². The number of hydrogen-bond acceptors (Lipinski definition) is 5. The van der Waals surface area contributed by atoms with Crippen LogP contribution >= 0.6 is 0 Å². The van der Waals surface area contributed by atoms with Gasteiger partial charge in [0.25, 0.3) is 11.8 Å². The van der Waals surface area contributed by atoms with E-state index in [9.17, 15) is 22.8 Å². The van der Waals surface area contributed by atoms with E-state index in [1.54, 1.807) is 18.2 Å². The van der Waals surface area contributed by atoms with Crippen molar-refractivity contribution in [3.05, 3.63) is 59.7 Å². The lowest BCUT2D eigenvalue weighted by Crippen LogP contribution is -2.19. The van der Waals surface area contributed by atoms with Crippen molar-refractivity contribution in [2.45, 2.75) is 17.7 Å². The van der Waals surface area contributed by atoms with Crippen molar-refractivity contribution in [3.63, 3.8) is 0 Å². The van der Waals surface area contributed by atoms with Gasteiger partial charge in [-0.05, 0) is 36.8 Å². The Morgan fingerprint density at radius 3 is 2.38 bits per heavy atom. The molecule has 26 heavy (non-hydrogen) atoms. The number of benzene rings is 2. The van der Waals surface area contributed by atoms with Crippen LogP contribution < -0.4 is 10.6 Å². The van der Waals surface area contributed by atoms with Crippen molar-refractivity contribution in [2.75, 3.05) is 11.1 Å². The third-order valence-electron chi connectivity index (χ3n) is 3.94. The minimum atomic E-state index is -3.42. The lowest BCUT2D eigenvalue weighted by Gasteiger charge is -2.07. The van der Waals surface area contributed by atoms with Crippen LogP contribution in [0.3, 0.4) is 0 Å². The van der Waals surface area contributed by atoms with E-state index >= 15 is 0 Å². The summed E-state index contributed by atoms with van der Waals surface area (Å²) in [7, 11) is -3.42. The molecular formula is C18H16N2O5S. The summed E-state index contributed by atoms with van der Waals surface area (Å²) < 4.78 is 24.3. The van der Waals surface area contributed by atoms with Gasteiger partial charge in [0, 0.05) is 12.1 Å². The number of anilines is 1. The van der Waals surface area contributed by atoms with Gasteiger partial charge in [-0.2, -0.15) is 0 Å². The topological polar surface area (TPSA) is 109 Å². The number of amides is 3. The lowest BCUT2D eigenvalue weighted by atomic mass is 10.1. The number of hydrogen-bond donors (Lipinski definition) is 2. The number of fused-ring (bicyclic) bond motifs is 1. The standard InChI is InChI=1S/C18H16N2O5S/c21-16(7-4-10-26(24,25)13-5-2-1-3-6-13)19-12-8-9-14-15(11-12)18(23)20-17(14)22/h1-3,5-6,8-9,11H,4,7,10H2,(H,19,21)(H,20,22,23). The lowest BCUT2D eigenvalue weighted by molar-refractivity contribution is -0.116. The molecule has 0 aliphatic carbocycles. The zero-order chi connectivity index (χ0) is 18.7. The van der Waals surface area contributed by atoms with E-state index in [1.807, 2.05) is 0 Å². The Bertz CT molecular complexity index is 984. The summed E-state index contributed by atoms with van der Waals surface area (Å²) in [5, 5.41) is 4.78. The van der Waals surface area contributed by atoms with Gasteiger partial charge in [-0.25, -0.2) is 8.42 Å². The molecule has 3 amide bonds. The zero-order valence-corrected chi connectivity index (χ0v) is 14.5. The van der Waals surface area contributed by atoms with Crippen LogP contribution in [0.1, 0.15) is 33.6 Å². The Morgan fingerprint density at radius 2 is 1.65 bits per heavy atom. The Balaban J connectivity index is 1.56. The maximum Gasteiger partial charge on any atom is 0.259 e. The van der Waals surface area contributed by atoms with Crippen LogP contribution in [0.15, 0.2) is 53.4 Å². The first kappa shape index (κ1) is 17.8. The second-order valence-electron chi connectivity index (χ2n) is 5.83. The molecule has 0 radical (unpaired) electrons. The van der Waals surface area contributed by atoms with Gasteiger partial charge in [0.2, 0.25) is 5.91 Å². The first-order valence-corrected chi connectivity index (χ1v) is 9.59. The maximum absolute atomic E-state index is 12.2. The van der Waals surface area contributed by atoms with Crippen molar-refractivity contribution < 1.29 is 22.8 Å². The van der Waals surface area contributed by atoms with Crippen LogP contribution in [-0.2, 0) is 14.6 Å². The van der Waals surface area contributed by atoms with Crippen LogP contribution in [0, 0.1) is 0 Å². The molecule has 1 aliphatic rings. The van der Waals surface area contributed by atoms with E-state index in [-0.39, 0.29) is 40.5 Å². The highest BCUT2D eigenvalue weighted by Crippen LogP contribution is 2.20. The van der Waals surface area contributed by atoms with Gasteiger partial charge < -0.3 is 5.32 Å². The Hall–Kier alpha value is -3.00. The van der Waals surface area contributed by atoms with Gasteiger partial charge >= 0.3 is 0 Å². The highest BCUT2D eigenvalue weighted by molar-refractivity contribution is 7.91. The van der Waals surface area contributed by atoms with E-state index in [0.29, 0.717) is 5.69 Å². The van der Waals surface area contributed by atoms with E-state index < -0.39 is 21.7 Å². The quantitative estimate of drug-likeness (QED) is 0.751. The van der Waals surface area contributed by atoms with Crippen LogP contribution in [0.5, 0.6) is 0 Å². The molecule has 2 aromatic rings. The predicted octanol–water partition coefficient (Wildman–Crippen LogP) is 1.76. The fourth-order valence-corrected chi connectivity index (χ4v) is 3.97. The largest absolute Gasteiger partial charge is 0.326 e. The second-order valence-corrected chi connectivity index (χ2v) is 7.94. The number of sulfone groups is 1. The van der Waals surface area contributed by atoms with Crippen molar-refractivity contribution in [1.29, 1.82) is 0 Å². The van der Waals surface area contributed by atoms with Gasteiger partial charge in [-0.1, -0.05) is 18.2 Å². The molecule has 0 saturated carbocycles. The fourth-order valence-electron chi connectivity index (χ4n) is 2.64. The summed E-state index contributed by atoms with van der Waals surface area (Å²) in [5.74, 6) is -1.46. The number of carbonyl (C=O) groups is 3. The zero-order valence-electron chi connectivity index (χ0n) is 13.7. The smallest absolute Gasteiger partial charge is 0.259 e. The van der Waals surface area contributed by atoms with Crippen molar-refractivity contribution in [2.24, 2.45) is 0 Å². The molecule has 0 spiro atoms. The maximum atomic E-state index is 12.2. The van der Waals surface area contributed by atoms with Crippen molar-refractivity contribution in [3.8, 4) is 0 Å². The first-order valence-electron chi connectivity index (χ1n) is 7.94. The molecule has 2 N–H and O–H groups in total. The Morgan fingerprint density at radius 1 is 0.962 bits per heavy atom. The second kappa shape index (κ2) is 7.09. The summed E-state index contributed by atoms with van der Waals surface area (Å²) >= 11 is 0. The number of nitrogens with one attached hydrogen (secondary N) is 2. The Labute approximate surface area is 150 Å². The third kappa shape index (κ3) is 3.80. The van der Waals surface area contributed by atoms with Gasteiger partial charge in [0.15, 0.2) is 9.84 Å². The van der Waals surface area contributed by atoms with Gasteiger partial charge in [0.1, 0.15) is 0 Å². The molecular weight excluding hydrogens is 356 g/mol. The summed E-state index contributed by atoms with van der Waals surface area (Å²) in [6, 6.07) is 12.5. The molecule has 134 valence electrons. The Kier molecular flexibility index (Phi) is 4.85. The van der Waals surface area contributed by atoms with Gasteiger partial charge in [0.05, 0.1) is 21.8 Å². The molecule has 0 unspecified atom stereocenters. The normalized spacial score (nSPS) is 13.2. The molecule has 0 aromatic heterocycles. The molecule has 1 heterocycles. The predicted molar refractivity (Wildman–Crippen MR) is 94.6 cm³/mol. The number of rotatable bonds is 6. The molecule has 1 aliphatic heterocycles. The number of imide groups is 1. The molecule has 0 saturated heterocycles. The van der Waals surface area contributed by atoms with E-state index in [2.05, 4.69) is 10.6 Å². The SMILES string of the molecule is O=C(CCCS(=O)(=O)c1ccccc1)Nc1ccc2c(c1)C(=O)NC2=O. The highest BCUT2D eigenvalue weighted by Gasteiger charge is 2.26. The molecule has 8 heteroatoms. The van der Waals surface area contributed by atoms with Gasteiger partial charge in [-0.3, -0.25) is 19.7 Å². The molecule has 7 nitrogen and oxygen atoms in total. The van der Waals surface area contributed by atoms with E-state index in [0.717, 1.165) is 0 Å². The first-order chi connectivity index (χ1) is 12.4. The molecule has 0 atom stereocenters. The van der Waals surface area contributed by atoms with E-state index in [4.69, 9.17) is 0 Å². The number of carbonyl (C=O) groups excluding carboxylic acids is 3. The summed E-state index contributed by atoms with van der Waals surface area (Å²) in [5.41, 5.74) is 0.853. The monoisotopic (exact) mass is 372 g/mol. The molecule has 0 fully saturated rings. The summed E-state index contributed by atoms with van der Waals surface area (Å²) in [6.07, 6.45) is 0.196. The minimum Gasteiger partial charge on any atom is -0.326 e. The molecule has 2 aromatic carbocycles. The fraction of sp³-hybridized carbons (Fsp3) is 0.167. The van der Waals surface area contributed by atoms with Crippen LogP contribution in [0.2, 0.25) is 0 Å².